The number of nitrogens with one attached hydrogen (secondary N) is 1. The van der Waals surface area contributed by atoms with Gasteiger partial charge in [-0.05, 0) is 56.2 Å². The number of rotatable bonds is 6. The molecular formula is C21H23F9N2O2. The molecule has 1 N–H and O–H groups in total. The number of carbonyl (C=O) groups excluding carboxylic acids is 2. The van der Waals surface area contributed by atoms with Crippen molar-refractivity contribution in [1.29, 1.82) is 0 Å². The summed E-state index contributed by atoms with van der Waals surface area (Å²) in [4.78, 5) is 24.8. The van der Waals surface area contributed by atoms with E-state index in [1.165, 1.54) is 0 Å². The normalized spacial score (nSPS) is 19.6. The van der Waals surface area contributed by atoms with Crippen molar-refractivity contribution < 1.29 is 49.1 Å². The summed E-state index contributed by atoms with van der Waals surface area (Å²) in [5.41, 5.74) is -4.03. The summed E-state index contributed by atoms with van der Waals surface area (Å²) in [6.07, 6.45) is -13.7. The van der Waals surface area contributed by atoms with Crippen LogP contribution >= 0.6 is 0 Å². The third kappa shape index (κ3) is 7.26. The van der Waals surface area contributed by atoms with Crippen LogP contribution in [0.5, 0.6) is 0 Å². The number of hydrogen-bond acceptors (Lipinski definition) is 2. The summed E-state index contributed by atoms with van der Waals surface area (Å²) >= 11 is 0. The van der Waals surface area contributed by atoms with Gasteiger partial charge in [-0.1, -0.05) is 6.92 Å². The van der Waals surface area contributed by atoms with E-state index in [1.54, 1.807) is 6.92 Å². The first-order chi connectivity index (χ1) is 15.5. The van der Waals surface area contributed by atoms with Crippen LogP contribution < -0.4 is 5.32 Å². The van der Waals surface area contributed by atoms with E-state index in [2.05, 4.69) is 5.32 Å². The van der Waals surface area contributed by atoms with E-state index in [0.29, 0.717) is 31.4 Å². The maximum Gasteiger partial charge on any atom is 0.471 e. The SMILES string of the molecule is CCCN(C(=O)C(F)(F)F)C1CCC(CNC(=O)c2cc(C(F)(F)F)cc(C(F)(F)F)c2)CC1. The Hall–Kier alpha value is -2.47. The molecule has 0 aliphatic heterocycles. The molecule has 0 aromatic heterocycles. The van der Waals surface area contributed by atoms with Crippen LogP contribution in [-0.2, 0) is 17.1 Å². The van der Waals surface area contributed by atoms with Gasteiger partial charge in [0.25, 0.3) is 5.91 Å². The molecule has 4 nitrogen and oxygen atoms in total. The van der Waals surface area contributed by atoms with E-state index in [1.807, 2.05) is 0 Å². The van der Waals surface area contributed by atoms with Crippen molar-refractivity contribution in [3.63, 3.8) is 0 Å². The monoisotopic (exact) mass is 506 g/mol. The minimum absolute atomic E-state index is 0.0680. The summed E-state index contributed by atoms with van der Waals surface area (Å²) in [6, 6.07) is -0.0685. The van der Waals surface area contributed by atoms with Crippen LogP contribution in [0.1, 0.15) is 60.5 Å². The standard InChI is InChI=1S/C21H23F9N2O2/c1-2-7-32(18(34)21(28,29)30)16-5-3-12(4-6-16)11-31-17(33)13-8-14(19(22,23)24)10-15(9-13)20(25,26)27/h8-10,12,16H,2-7,11H2,1H3,(H,31,33). The molecule has 1 aliphatic carbocycles. The average molecular weight is 506 g/mol. The number of amides is 2. The van der Waals surface area contributed by atoms with Gasteiger partial charge in [-0.2, -0.15) is 39.5 Å². The summed E-state index contributed by atoms with van der Waals surface area (Å²) < 4.78 is 116. The summed E-state index contributed by atoms with van der Waals surface area (Å²) in [6.45, 7) is 1.49. The number of alkyl halides is 9. The van der Waals surface area contributed by atoms with Crippen LogP contribution in [-0.4, -0.2) is 42.0 Å². The van der Waals surface area contributed by atoms with Crippen molar-refractivity contribution in [2.75, 3.05) is 13.1 Å². The minimum atomic E-state index is -5.09. The third-order valence-corrected chi connectivity index (χ3v) is 5.63. The largest absolute Gasteiger partial charge is 0.471 e. The molecule has 192 valence electrons. The molecule has 2 rings (SSSR count). The lowest BCUT2D eigenvalue weighted by Crippen LogP contribution is -2.49. The highest BCUT2D eigenvalue weighted by molar-refractivity contribution is 5.94. The Bertz CT molecular complexity index is 838. The van der Waals surface area contributed by atoms with E-state index in [9.17, 15) is 49.1 Å². The van der Waals surface area contributed by atoms with Gasteiger partial charge >= 0.3 is 24.4 Å². The Labute approximate surface area is 189 Å². The predicted octanol–water partition coefficient (Wildman–Crippen LogP) is 5.81. The molecule has 13 heteroatoms. The smallest absolute Gasteiger partial charge is 0.352 e. The molecule has 0 unspecified atom stereocenters. The van der Waals surface area contributed by atoms with Gasteiger partial charge in [-0.15, -0.1) is 0 Å². The van der Waals surface area contributed by atoms with Gasteiger partial charge in [-0.3, -0.25) is 9.59 Å². The number of carbonyl (C=O) groups is 2. The maximum atomic E-state index is 13.0. The zero-order valence-corrected chi connectivity index (χ0v) is 18.0. The highest BCUT2D eigenvalue weighted by Crippen LogP contribution is 2.36. The maximum absolute atomic E-state index is 13.0. The molecule has 1 fully saturated rings. The lowest BCUT2D eigenvalue weighted by Gasteiger charge is -2.37. The zero-order valence-electron chi connectivity index (χ0n) is 18.0. The molecule has 1 saturated carbocycles. The van der Waals surface area contributed by atoms with Gasteiger partial charge in [0, 0.05) is 24.7 Å². The molecule has 0 bridgehead atoms. The summed E-state index contributed by atoms with van der Waals surface area (Å²) in [5, 5.41) is 2.31. The first-order valence-corrected chi connectivity index (χ1v) is 10.5. The summed E-state index contributed by atoms with van der Waals surface area (Å²) in [7, 11) is 0. The second-order valence-corrected chi connectivity index (χ2v) is 8.18. The van der Waals surface area contributed by atoms with Crippen molar-refractivity contribution in [2.24, 2.45) is 5.92 Å². The van der Waals surface area contributed by atoms with Crippen LogP contribution in [0.4, 0.5) is 39.5 Å². The van der Waals surface area contributed by atoms with E-state index < -0.39 is 53.1 Å². The average Bonchev–Trinajstić information content (AvgIpc) is 2.73. The molecule has 0 heterocycles. The third-order valence-electron chi connectivity index (χ3n) is 5.63. The predicted molar refractivity (Wildman–Crippen MR) is 103 cm³/mol. The lowest BCUT2D eigenvalue weighted by molar-refractivity contribution is -0.188. The van der Waals surface area contributed by atoms with Gasteiger partial charge in [0.05, 0.1) is 11.1 Å². The second-order valence-electron chi connectivity index (χ2n) is 8.18. The molecule has 0 atom stereocenters. The first kappa shape index (κ1) is 27.8. The fourth-order valence-corrected chi connectivity index (χ4v) is 3.94. The van der Waals surface area contributed by atoms with Crippen LogP contribution in [0.3, 0.4) is 0 Å². The van der Waals surface area contributed by atoms with Crippen molar-refractivity contribution in [3.05, 3.63) is 34.9 Å². The van der Waals surface area contributed by atoms with Crippen LogP contribution in [0.2, 0.25) is 0 Å². The molecule has 1 aromatic rings. The van der Waals surface area contributed by atoms with Crippen molar-refractivity contribution in [1.82, 2.24) is 10.2 Å². The molecule has 0 radical (unpaired) electrons. The van der Waals surface area contributed by atoms with E-state index in [-0.39, 0.29) is 37.9 Å². The van der Waals surface area contributed by atoms with Crippen molar-refractivity contribution in [2.45, 2.75) is 63.6 Å². The fraction of sp³-hybridized carbons (Fsp3) is 0.619. The fourth-order valence-electron chi connectivity index (χ4n) is 3.94. The van der Waals surface area contributed by atoms with Crippen LogP contribution in [0.25, 0.3) is 0 Å². The quantitative estimate of drug-likeness (QED) is 0.495. The van der Waals surface area contributed by atoms with E-state index in [4.69, 9.17) is 0 Å². The molecule has 0 spiro atoms. The van der Waals surface area contributed by atoms with Crippen LogP contribution in [0, 0.1) is 5.92 Å². The molecule has 34 heavy (non-hydrogen) atoms. The number of hydrogen-bond donors (Lipinski definition) is 1. The zero-order chi connectivity index (χ0) is 25.9. The topological polar surface area (TPSA) is 49.4 Å². The van der Waals surface area contributed by atoms with Gasteiger partial charge in [0.2, 0.25) is 0 Å². The Morgan fingerprint density at radius 2 is 1.38 bits per heavy atom. The summed E-state index contributed by atoms with van der Waals surface area (Å²) in [5.74, 6) is -3.30. The van der Waals surface area contributed by atoms with Gasteiger partial charge in [0.15, 0.2) is 0 Å². The molecule has 1 aromatic carbocycles. The molecule has 0 saturated heterocycles. The molecule has 2 amide bonds. The lowest BCUT2D eigenvalue weighted by atomic mass is 9.85. The van der Waals surface area contributed by atoms with Crippen molar-refractivity contribution >= 4 is 11.8 Å². The Morgan fingerprint density at radius 3 is 1.79 bits per heavy atom. The minimum Gasteiger partial charge on any atom is -0.352 e. The number of halogens is 9. The molecule has 1 aliphatic rings. The Morgan fingerprint density at radius 1 is 0.882 bits per heavy atom. The number of benzene rings is 1. The second kappa shape index (κ2) is 10.4. The van der Waals surface area contributed by atoms with Crippen molar-refractivity contribution in [3.8, 4) is 0 Å². The Balaban J connectivity index is 2.02. The number of nitrogens with zero attached hydrogens (tertiary/aromatic N) is 1. The van der Waals surface area contributed by atoms with Gasteiger partial charge in [-0.25, -0.2) is 0 Å². The highest BCUT2D eigenvalue weighted by Gasteiger charge is 2.45. The first-order valence-electron chi connectivity index (χ1n) is 10.5. The molecular weight excluding hydrogens is 483 g/mol. The van der Waals surface area contributed by atoms with Crippen LogP contribution in [0.15, 0.2) is 18.2 Å². The van der Waals surface area contributed by atoms with Gasteiger partial charge < -0.3 is 10.2 Å². The van der Waals surface area contributed by atoms with E-state index >= 15 is 0 Å². The van der Waals surface area contributed by atoms with E-state index in [0.717, 1.165) is 4.90 Å². The van der Waals surface area contributed by atoms with Gasteiger partial charge in [0.1, 0.15) is 0 Å². The highest BCUT2D eigenvalue weighted by atomic mass is 19.4. The Kier molecular flexibility index (Phi) is 8.52.